The molecule has 1 heterocycles. The Morgan fingerprint density at radius 2 is 2.26 bits per heavy atom. The van der Waals surface area contributed by atoms with E-state index < -0.39 is 0 Å². The maximum atomic E-state index is 6.13. The summed E-state index contributed by atoms with van der Waals surface area (Å²) in [6.45, 7) is 5.37. The SMILES string of the molecule is CN=C(NC)NCc1cnc(OCC(C)C)c(Cl)c1. The van der Waals surface area contributed by atoms with Crippen molar-refractivity contribution in [3.8, 4) is 5.88 Å². The lowest BCUT2D eigenvalue weighted by atomic mass is 10.2. The highest BCUT2D eigenvalue weighted by Crippen LogP contribution is 2.22. The molecule has 0 unspecified atom stereocenters. The summed E-state index contributed by atoms with van der Waals surface area (Å²) < 4.78 is 5.52. The molecular weight excluding hydrogens is 264 g/mol. The predicted octanol–water partition coefficient (Wildman–Crippen LogP) is 2.06. The van der Waals surface area contributed by atoms with Crippen LogP contribution in [0.5, 0.6) is 5.88 Å². The molecule has 0 spiro atoms. The molecule has 0 aliphatic heterocycles. The standard InChI is InChI=1S/C13H21ClN4O/c1-9(2)8-19-12-11(14)5-10(6-17-12)7-18-13(15-3)16-4/h5-6,9H,7-8H2,1-4H3,(H2,15,16,18). The lowest BCUT2D eigenvalue weighted by Gasteiger charge is -2.11. The molecule has 2 N–H and O–H groups in total. The van der Waals surface area contributed by atoms with Crippen molar-refractivity contribution in [2.24, 2.45) is 10.9 Å². The number of guanidine groups is 1. The third-order valence-electron chi connectivity index (χ3n) is 2.34. The number of aliphatic imine (C=N–C) groups is 1. The maximum absolute atomic E-state index is 6.13. The van der Waals surface area contributed by atoms with Gasteiger partial charge < -0.3 is 15.4 Å². The summed E-state index contributed by atoms with van der Waals surface area (Å²) in [6.07, 6.45) is 1.75. The number of aromatic nitrogens is 1. The topological polar surface area (TPSA) is 58.5 Å². The Kier molecular flexibility index (Phi) is 6.42. The number of ether oxygens (including phenoxy) is 1. The van der Waals surface area contributed by atoms with E-state index in [4.69, 9.17) is 16.3 Å². The van der Waals surface area contributed by atoms with Gasteiger partial charge in [-0.05, 0) is 17.5 Å². The zero-order valence-electron chi connectivity index (χ0n) is 11.8. The Labute approximate surface area is 119 Å². The van der Waals surface area contributed by atoms with Crippen LogP contribution in [-0.4, -0.2) is 31.6 Å². The molecule has 0 amide bonds. The van der Waals surface area contributed by atoms with Crippen LogP contribution in [0.25, 0.3) is 0 Å². The molecule has 106 valence electrons. The lowest BCUT2D eigenvalue weighted by Crippen LogP contribution is -2.34. The molecule has 1 aromatic rings. The number of pyridine rings is 1. The van der Waals surface area contributed by atoms with E-state index in [0.717, 1.165) is 11.5 Å². The molecule has 0 bridgehead atoms. The van der Waals surface area contributed by atoms with E-state index in [1.807, 2.05) is 13.1 Å². The summed E-state index contributed by atoms with van der Waals surface area (Å²) in [4.78, 5) is 8.25. The van der Waals surface area contributed by atoms with Crippen LogP contribution in [-0.2, 0) is 6.54 Å². The molecule has 0 radical (unpaired) electrons. The monoisotopic (exact) mass is 284 g/mol. The fourth-order valence-electron chi connectivity index (χ4n) is 1.38. The summed E-state index contributed by atoms with van der Waals surface area (Å²) in [5, 5.41) is 6.60. The van der Waals surface area contributed by atoms with Crippen LogP contribution in [0.15, 0.2) is 17.3 Å². The third kappa shape index (κ3) is 5.34. The average molecular weight is 285 g/mol. The Morgan fingerprint density at radius 1 is 1.53 bits per heavy atom. The number of halogens is 1. The first-order valence-corrected chi connectivity index (χ1v) is 6.60. The molecule has 19 heavy (non-hydrogen) atoms. The summed E-state index contributed by atoms with van der Waals surface area (Å²) in [6, 6.07) is 1.85. The molecule has 0 saturated heterocycles. The van der Waals surface area contributed by atoms with Gasteiger partial charge in [-0.25, -0.2) is 4.98 Å². The summed E-state index contributed by atoms with van der Waals surface area (Å²) in [5.74, 6) is 1.64. The molecule has 1 aromatic heterocycles. The number of nitrogens with zero attached hydrogens (tertiary/aromatic N) is 2. The Hall–Kier alpha value is -1.49. The van der Waals surface area contributed by atoms with E-state index in [0.29, 0.717) is 30.0 Å². The van der Waals surface area contributed by atoms with Crippen LogP contribution in [0.1, 0.15) is 19.4 Å². The summed E-state index contributed by atoms with van der Waals surface area (Å²) in [7, 11) is 3.52. The minimum absolute atomic E-state index is 0.443. The molecule has 5 nitrogen and oxygen atoms in total. The number of nitrogens with one attached hydrogen (secondary N) is 2. The maximum Gasteiger partial charge on any atom is 0.232 e. The van der Waals surface area contributed by atoms with Crippen molar-refractivity contribution in [3.05, 3.63) is 22.8 Å². The van der Waals surface area contributed by atoms with Crippen molar-refractivity contribution in [1.82, 2.24) is 15.6 Å². The molecule has 0 aromatic carbocycles. The van der Waals surface area contributed by atoms with Gasteiger partial charge in [0, 0.05) is 26.8 Å². The Bertz CT molecular complexity index is 435. The second-order valence-electron chi connectivity index (χ2n) is 4.51. The van der Waals surface area contributed by atoms with Crippen molar-refractivity contribution in [3.63, 3.8) is 0 Å². The highest BCUT2D eigenvalue weighted by molar-refractivity contribution is 6.31. The minimum Gasteiger partial charge on any atom is -0.476 e. The number of hydrogen-bond acceptors (Lipinski definition) is 3. The quantitative estimate of drug-likeness (QED) is 0.642. The van der Waals surface area contributed by atoms with Crippen LogP contribution >= 0.6 is 11.6 Å². The van der Waals surface area contributed by atoms with Gasteiger partial charge >= 0.3 is 0 Å². The van der Waals surface area contributed by atoms with E-state index in [1.165, 1.54) is 0 Å². The van der Waals surface area contributed by atoms with Gasteiger partial charge in [0.15, 0.2) is 5.96 Å². The van der Waals surface area contributed by atoms with Gasteiger partial charge in [0.05, 0.1) is 6.61 Å². The Morgan fingerprint density at radius 3 is 2.79 bits per heavy atom. The zero-order chi connectivity index (χ0) is 14.3. The van der Waals surface area contributed by atoms with Gasteiger partial charge in [-0.1, -0.05) is 25.4 Å². The second kappa shape index (κ2) is 7.84. The van der Waals surface area contributed by atoms with Crippen LogP contribution in [0.3, 0.4) is 0 Å². The van der Waals surface area contributed by atoms with Crippen molar-refractivity contribution in [1.29, 1.82) is 0 Å². The molecule has 1 rings (SSSR count). The van der Waals surface area contributed by atoms with E-state index in [2.05, 4.69) is 34.5 Å². The van der Waals surface area contributed by atoms with Crippen molar-refractivity contribution in [2.75, 3.05) is 20.7 Å². The molecule has 6 heteroatoms. The number of hydrogen-bond donors (Lipinski definition) is 2. The first kappa shape index (κ1) is 15.6. The van der Waals surface area contributed by atoms with Crippen molar-refractivity contribution in [2.45, 2.75) is 20.4 Å². The number of rotatable bonds is 5. The van der Waals surface area contributed by atoms with Crippen LogP contribution < -0.4 is 15.4 Å². The average Bonchev–Trinajstić information content (AvgIpc) is 2.38. The van der Waals surface area contributed by atoms with Crippen LogP contribution in [0.4, 0.5) is 0 Å². The normalized spacial score (nSPS) is 11.6. The van der Waals surface area contributed by atoms with Gasteiger partial charge in [-0.2, -0.15) is 0 Å². The summed E-state index contributed by atoms with van der Waals surface area (Å²) in [5.41, 5.74) is 0.971. The van der Waals surface area contributed by atoms with Crippen LogP contribution in [0, 0.1) is 5.92 Å². The Balaban J connectivity index is 2.61. The molecular formula is C13H21ClN4O. The molecule has 0 aliphatic rings. The van der Waals surface area contributed by atoms with Gasteiger partial charge in [0.25, 0.3) is 0 Å². The van der Waals surface area contributed by atoms with E-state index in [-0.39, 0.29) is 0 Å². The van der Waals surface area contributed by atoms with Crippen molar-refractivity contribution >= 4 is 17.6 Å². The smallest absolute Gasteiger partial charge is 0.232 e. The molecule has 0 atom stereocenters. The van der Waals surface area contributed by atoms with E-state index in [9.17, 15) is 0 Å². The first-order chi connectivity index (χ1) is 9.06. The molecule has 0 saturated carbocycles. The highest BCUT2D eigenvalue weighted by Gasteiger charge is 2.06. The van der Waals surface area contributed by atoms with Gasteiger partial charge in [0.1, 0.15) is 5.02 Å². The van der Waals surface area contributed by atoms with Gasteiger partial charge in [-0.15, -0.1) is 0 Å². The summed E-state index contributed by atoms with van der Waals surface area (Å²) >= 11 is 6.13. The third-order valence-corrected chi connectivity index (χ3v) is 2.61. The highest BCUT2D eigenvalue weighted by atomic mass is 35.5. The predicted molar refractivity (Wildman–Crippen MR) is 78.8 cm³/mol. The zero-order valence-corrected chi connectivity index (χ0v) is 12.6. The fourth-order valence-corrected chi connectivity index (χ4v) is 1.62. The van der Waals surface area contributed by atoms with E-state index >= 15 is 0 Å². The molecule has 0 fully saturated rings. The fraction of sp³-hybridized carbons (Fsp3) is 0.538. The minimum atomic E-state index is 0.443. The van der Waals surface area contributed by atoms with Crippen LogP contribution in [0.2, 0.25) is 5.02 Å². The second-order valence-corrected chi connectivity index (χ2v) is 4.92. The van der Waals surface area contributed by atoms with Gasteiger partial charge in [-0.3, -0.25) is 4.99 Å². The molecule has 0 aliphatic carbocycles. The van der Waals surface area contributed by atoms with Crippen molar-refractivity contribution < 1.29 is 4.74 Å². The largest absolute Gasteiger partial charge is 0.476 e. The van der Waals surface area contributed by atoms with Gasteiger partial charge in [0.2, 0.25) is 5.88 Å². The lowest BCUT2D eigenvalue weighted by molar-refractivity contribution is 0.261. The first-order valence-electron chi connectivity index (χ1n) is 6.22. The van der Waals surface area contributed by atoms with E-state index in [1.54, 1.807) is 13.2 Å².